The van der Waals surface area contributed by atoms with Gasteiger partial charge in [0.05, 0.1) is 17.8 Å². The maximum atomic E-state index is 13.5. The molecule has 1 atom stereocenters. The third kappa shape index (κ3) is 3.04. The fourth-order valence-electron chi connectivity index (χ4n) is 5.89. The van der Waals surface area contributed by atoms with Gasteiger partial charge in [-0.25, -0.2) is 4.98 Å². The zero-order valence-electron chi connectivity index (χ0n) is 17.7. The van der Waals surface area contributed by atoms with Crippen LogP contribution in [0, 0.1) is 5.41 Å². The molecule has 0 N–H and O–H groups in total. The van der Waals surface area contributed by atoms with Gasteiger partial charge in [0.25, 0.3) is 5.91 Å². The van der Waals surface area contributed by atoms with Crippen molar-refractivity contribution in [2.45, 2.75) is 57.0 Å². The lowest BCUT2D eigenvalue weighted by Crippen LogP contribution is -2.67. The summed E-state index contributed by atoms with van der Waals surface area (Å²) in [5, 5.41) is 0. The lowest BCUT2D eigenvalue weighted by molar-refractivity contribution is -0.186. The van der Waals surface area contributed by atoms with Crippen LogP contribution in [0.2, 0.25) is 0 Å². The van der Waals surface area contributed by atoms with Gasteiger partial charge < -0.3 is 14.4 Å². The van der Waals surface area contributed by atoms with E-state index in [1.165, 1.54) is 12.0 Å². The number of hydrogen-bond donors (Lipinski definition) is 0. The Hall–Kier alpha value is -2.63. The van der Waals surface area contributed by atoms with Crippen LogP contribution < -0.4 is 0 Å². The number of hydrogen-bond acceptors (Lipinski definition) is 3. The van der Waals surface area contributed by atoms with Crippen LogP contribution in [-0.4, -0.2) is 50.3 Å². The minimum atomic E-state index is -0.194. The van der Waals surface area contributed by atoms with Crippen molar-refractivity contribution in [1.82, 2.24) is 19.4 Å². The van der Waals surface area contributed by atoms with Crippen LogP contribution >= 0.6 is 0 Å². The summed E-state index contributed by atoms with van der Waals surface area (Å²) < 4.78 is 1.80. The van der Waals surface area contributed by atoms with E-state index in [0.29, 0.717) is 24.7 Å². The normalized spacial score (nSPS) is 24.2. The number of β-lactam (4-membered cyclic amide) rings is 1. The molecule has 1 aromatic heterocycles. The average Bonchev–Trinajstić information content (AvgIpc) is 3.24. The number of aromatic nitrogens is 2. The molecule has 3 heterocycles. The van der Waals surface area contributed by atoms with Crippen LogP contribution in [0.3, 0.4) is 0 Å². The van der Waals surface area contributed by atoms with Gasteiger partial charge in [-0.15, -0.1) is 0 Å². The number of imidazole rings is 1. The first-order valence-electron chi connectivity index (χ1n) is 11.3. The Balaban J connectivity index is 1.32. The van der Waals surface area contributed by atoms with Gasteiger partial charge in [0.15, 0.2) is 0 Å². The molecule has 0 bridgehead atoms. The number of carbonyl (C=O) groups is 2. The van der Waals surface area contributed by atoms with E-state index in [4.69, 9.17) is 0 Å². The molecule has 1 unspecified atom stereocenters. The second-order valence-corrected chi connectivity index (χ2v) is 9.19. The Morgan fingerprint density at radius 3 is 2.40 bits per heavy atom. The molecule has 1 aliphatic carbocycles. The third-order valence-electron chi connectivity index (χ3n) is 7.39. The van der Waals surface area contributed by atoms with Gasteiger partial charge in [0.2, 0.25) is 5.91 Å². The number of rotatable bonds is 3. The summed E-state index contributed by atoms with van der Waals surface area (Å²) in [6.07, 6.45) is 10.7. The summed E-state index contributed by atoms with van der Waals surface area (Å²) in [6, 6.07) is 11.0. The first kappa shape index (κ1) is 19.3. The van der Waals surface area contributed by atoms with Crippen molar-refractivity contribution in [2.75, 3.05) is 13.1 Å². The van der Waals surface area contributed by atoms with Gasteiger partial charge in [-0.2, -0.15) is 0 Å². The third-order valence-corrected chi connectivity index (χ3v) is 7.39. The molecule has 3 fully saturated rings. The van der Waals surface area contributed by atoms with Crippen molar-refractivity contribution in [1.29, 1.82) is 0 Å². The first-order chi connectivity index (χ1) is 14.6. The molecule has 2 saturated heterocycles. The Bertz CT molecular complexity index is 924. The Labute approximate surface area is 177 Å². The molecular formula is C24H30N4O2. The van der Waals surface area contributed by atoms with Gasteiger partial charge >= 0.3 is 0 Å². The summed E-state index contributed by atoms with van der Waals surface area (Å²) >= 11 is 0. The van der Waals surface area contributed by atoms with E-state index < -0.39 is 0 Å². The van der Waals surface area contributed by atoms with E-state index in [2.05, 4.69) is 34.1 Å². The molecule has 2 amide bonds. The summed E-state index contributed by atoms with van der Waals surface area (Å²) in [5.74, 6) is 0.345. The maximum absolute atomic E-state index is 13.5. The number of likely N-dealkylation sites (tertiary alicyclic amines) is 2. The van der Waals surface area contributed by atoms with Crippen LogP contribution in [0.25, 0.3) is 0 Å². The SMILES string of the molecule is Cn1cnc(C(=O)N2CCC(N3C(=O)C4(CCCCC4)C3c3ccccc3)CC2)c1. The second kappa shape index (κ2) is 7.56. The monoisotopic (exact) mass is 406 g/mol. The van der Waals surface area contributed by atoms with Crippen molar-refractivity contribution in [3.63, 3.8) is 0 Å². The van der Waals surface area contributed by atoms with Crippen LogP contribution in [-0.2, 0) is 11.8 Å². The molecule has 30 heavy (non-hydrogen) atoms. The quantitative estimate of drug-likeness (QED) is 0.733. The molecule has 6 nitrogen and oxygen atoms in total. The van der Waals surface area contributed by atoms with Crippen molar-refractivity contribution in [2.24, 2.45) is 12.5 Å². The molecule has 2 aromatic rings. The molecule has 0 radical (unpaired) electrons. The summed E-state index contributed by atoms with van der Waals surface area (Å²) in [4.78, 5) is 34.5. The summed E-state index contributed by atoms with van der Waals surface area (Å²) in [7, 11) is 1.87. The minimum absolute atomic E-state index is 0.00709. The summed E-state index contributed by atoms with van der Waals surface area (Å²) in [6.45, 7) is 1.36. The van der Waals surface area contributed by atoms with Gasteiger partial charge in [-0.3, -0.25) is 9.59 Å². The molecule has 6 heteroatoms. The van der Waals surface area contributed by atoms with E-state index in [1.807, 2.05) is 18.0 Å². The molecular weight excluding hydrogens is 376 g/mol. The molecule has 2 aliphatic heterocycles. The highest BCUT2D eigenvalue weighted by atomic mass is 16.2. The average molecular weight is 407 g/mol. The molecule has 3 aliphatic rings. The van der Waals surface area contributed by atoms with Gasteiger partial charge in [-0.05, 0) is 31.2 Å². The van der Waals surface area contributed by atoms with E-state index in [9.17, 15) is 9.59 Å². The molecule has 1 saturated carbocycles. The number of carbonyl (C=O) groups excluding carboxylic acids is 2. The largest absolute Gasteiger partial charge is 0.340 e. The van der Waals surface area contributed by atoms with Crippen molar-refractivity contribution >= 4 is 11.8 Å². The Morgan fingerprint density at radius 1 is 1.07 bits per heavy atom. The predicted octanol–water partition coefficient (Wildman–Crippen LogP) is 3.56. The molecule has 1 aromatic carbocycles. The fraction of sp³-hybridized carbons (Fsp3) is 0.542. The van der Waals surface area contributed by atoms with Gasteiger partial charge in [0, 0.05) is 32.4 Å². The second-order valence-electron chi connectivity index (χ2n) is 9.19. The summed E-state index contributed by atoms with van der Waals surface area (Å²) in [5.41, 5.74) is 1.57. The number of aryl methyl sites for hydroxylation is 1. The lowest BCUT2D eigenvalue weighted by atomic mass is 9.59. The highest BCUT2D eigenvalue weighted by Crippen LogP contribution is 2.59. The lowest BCUT2D eigenvalue weighted by Gasteiger charge is -2.61. The fourth-order valence-corrected chi connectivity index (χ4v) is 5.89. The predicted molar refractivity (Wildman–Crippen MR) is 114 cm³/mol. The van der Waals surface area contributed by atoms with Crippen molar-refractivity contribution in [3.8, 4) is 0 Å². The first-order valence-corrected chi connectivity index (χ1v) is 11.3. The van der Waals surface area contributed by atoms with Crippen LogP contribution in [0.1, 0.15) is 67.0 Å². The maximum Gasteiger partial charge on any atom is 0.274 e. The Kier molecular flexibility index (Phi) is 4.88. The molecule has 5 rings (SSSR count). The van der Waals surface area contributed by atoms with Crippen molar-refractivity contribution in [3.05, 3.63) is 54.1 Å². The highest BCUT2D eigenvalue weighted by molar-refractivity contribution is 5.92. The smallest absolute Gasteiger partial charge is 0.274 e. The van der Waals surface area contributed by atoms with Crippen LogP contribution in [0.4, 0.5) is 0 Å². The van der Waals surface area contributed by atoms with Gasteiger partial charge in [-0.1, -0.05) is 49.6 Å². The number of piperidine rings is 1. The molecule has 1 spiro atoms. The van der Waals surface area contributed by atoms with E-state index >= 15 is 0 Å². The van der Waals surface area contributed by atoms with Crippen LogP contribution in [0.15, 0.2) is 42.9 Å². The Morgan fingerprint density at radius 2 is 1.77 bits per heavy atom. The zero-order chi connectivity index (χ0) is 20.7. The van der Waals surface area contributed by atoms with Crippen LogP contribution in [0.5, 0.6) is 0 Å². The molecule has 158 valence electrons. The van der Waals surface area contributed by atoms with Crippen molar-refractivity contribution < 1.29 is 9.59 Å². The van der Waals surface area contributed by atoms with E-state index in [1.54, 1.807) is 17.1 Å². The topological polar surface area (TPSA) is 58.4 Å². The van der Waals surface area contributed by atoms with E-state index in [-0.39, 0.29) is 23.4 Å². The van der Waals surface area contributed by atoms with Gasteiger partial charge in [0.1, 0.15) is 5.69 Å². The zero-order valence-corrected chi connectivity index (χ0v) is 17.7. The number of amides is 2. The standard InChI is InChI=1S/C24H30N4O2/c1-26-16-20(25-17-26)22(29)27-14-10-19(11-15-27)28-21(18-8-4-2-5-9-18)24(23(28)30)12-6-3-7-13-24/h2,4-5,8-9,16-17,19,21H,3,6-7,10-15H2,1H3. The van der Waals surface area contributed by atoms with E-state index in [0.717, 1.165) is 38.5 Å². The number of benzene rings is 1. The highest BCUT2D eigenvalue weighted by Gasteiger charge is 2.62. The number of nitrogens with zero attached hydrogens (tertiary/aromatic N) is 4. The minimum Gasteiger partial charge on any atom is -0.340 e.